The van der Waals surface area contributed by atoms with Crippen molar-refractivity contribution in [1.29, 1.82) is 0 Å². The van der Waals surface area contributed by atoms with Crippen LogP contribution in [0.5, 0.6) is 17.2 Å². The number of rotatable bonds is 7. The van der Waals surface area contributed by atoms with Gasteiger partial charge in [0.1, 0.15) is 5.52 Å². The number of nitrogens with zero attached hydrogens (tertiary/aromatic N) is 3. The van der Waals surface area contributed by atoms with Gasteiger partial charge in [-0.15, -0.1) is 10.2 Å². The average Bonchev–Trinajstić information content (AvgIpc) is 3.37. The van der Waals surface area contributed by atoms with Crippen molar-refractivity contribution >= 4 is 22.9 Å². The minimum absolute atomic E-state index is 0.354. The van der Waals surface area contributed by atoms with Crippen molar-refractivity contribution < 1.29 is 23.0 Å². The summed E-state index contributed by atoms with van der Waals surface area (Å²) in [6.07, 6.45) is 0. The van der Waals surface area contributed by atoms with Crippen LogP contribution in [0.3, 0.4) is 0 Å². The summed E-state index contributed by atoms with van der Waals surface area (Å²) < 4.78 is 27.5. The van der Waals surface area contributed by atoms with Gasteiger partial charge in [-0.05, 0) is 24.3 Å². The monoisotopic (exact) mass is 399 g/mol. The molecule has 4 rings (SSSR count). The van der Waals surface area contributed by atoms with E-state index < -0.39 is 0 Å². The van der Waals surface area contributed by atoms with Crippen LogP contribution in [0.4, 0.5) is 0 Å². The van der Waals surface area contributed by atoms with Gasteiger partial charge in [0, 0.05) is 5.56 Å². The van der Waals surface area contributed by atoms with Gasteiger partial charge < -0.3 is 23.0 Å². The van der Waals surface area contributed by atoms with E-state index in [0.717, 1.165) is 11.1 Å². The maximum absolute atomic E-state index is 5.77. The normalized spacial score (nSPS) is 11.0. The second-order valence-corrected chi connectivity index (χ2v) is 6.58. The molecular formula is C19H17N3O5S. The fraction of sp³-hybridized carbons (Fsp3) is 0.211. The Morgan fingerprint density at radius 2 is 1.68 bits per heavy atom. The zero-order valence-electron chi connectivity index (χ0n) is 15.5. The zero-order valence-corrected chi connectivity index (χ0v) is 16.3. The zero-order chi connectivity index (χ0) is 19.5. The van der Waals surface area contributed by atoms with Crippen LogP contribution in [0.25, 0.3) is 22.6 Å². The van der Waals surface area contributed by atoms with Crippen molar-refractivity contribution in [2.75, 3.05) is 21.3 Å². The van der Waals surface area contributed by atoms with Gasteiger partial charge in [0.2, 0.25) is 17.5 Å². The summed E-state index contributed by atoms with van der Waals surface area (Å²) in [6, 6.07) is 11.1. The highest BCUT2D eigenvalue weighted by Gasteiger charge is 2.18. The molecule has 0 aliphatic heterocycles. The van der Waals surface area contributed by atoms with Crippen molar-refractivity contribution in [2.24, 2.45) is 0 Å². The molecule has 9 heteroatoms. The van der Waals surface area contributed by atoms with Crippen LogP contribution in [0.15, 0.2) is 50.5 Å². The summed E-state index contributed by atoms with van der Waals surface area (Å²) in [4.78, 5) is 4.42. The van der Waals surface area contributed by atoms with Crippen molar-refractivity contribution in [3.8, 4) is 28.7 Å². The molecular weight excluding hydrogens is 382 g/mol. The predicted octanol–water partition coefficient (Wildman–Crippen LogP) is 4.20. The summed E-state index contributed by atoms with van der Waals surface area (Å²) in [5.74, 6) is 2.77. The fourth-order valence-electron chi connectivity index (χ4n) is 2.67. The van der Waals surface area contributed by atoms with Crippen molar-refractivity contribution in [1.82, 2.24) is 15.2 Å². The second-order valence-electron chi connectivity index (χ2n) is 5.65. The molecule has 0 aliphatic carbocycles. The first-order valence-corrected chi connectivity index (χ1v) is 9.31. The largest absolute Gasteiger partial charge is 0.493 e. The molecule has 0 fully saturated rings. The molecule has 0 N–H and O–H groups in total. The molecule has 0 spiro atoms. The number of hydrogen-bond donors (Lipinski definition) is 0. The number of para-hydroxylation sites is 2. The molecule has 0 saturated heterocycles. The summed E-state index contributed by atoms with van der Waals surface area (Å²) in [5.41, 5.74) is 2.22. The lowest BCUT2D eigenvalue weighted by Crippen LogP contribution is -1.95. The third-order valence-corrected chi connectivity index (χ3v) is 4.78. The second kappa shape index (κ2) is 7.81. The van der Waals surface area contributed by atoms with Gasteiger partial charge in [-0.1, -0.05) is 23.9 Å². The van der Waals surface area contributed by atoms with E-state index in [2.05, 4.69) is 15.2 Å². The summed E-state index contributed by atoms with van der Waals surface area (Å²) in [5, 5.41) is 8.76. The molecule has 0 aliphatic rings. The molecule has 0 atom stereocenters. The number of fused-ring (bicyclic) bond motifs is 1. The minimum Gasteiger partial charge on any atom is -0.493 e. The maximum atomic E-state index is 5.77. The number of ether oxygens (including phenoxy) is 3. The highest BCUT2D eigenvalue weighted by molar-refractivity contribution is 7.98. The smallest absolute Gasteiger partial charge is 0.257 e. The Morgan fingerprint density at radius 3 is 2.36 bits per heavy atom. The number of hydrogen-bond acceptors (Lipinski definition) is 9. The van der Waals surface area contributed by atoms with Crippen LogP contribution in [0, 0.1) is 0 Å². The first-order chi connectivity index (χ1) is 13.7. The van der Waals surface area contributed by atoms with Crippen LogP contribution < -0.4 is 14.2 Å². The Balaban J connectivity index is 1.54. The standard InChI is InChI=1S/C19H17N3O5S/c1-23-14-8-11(9-15(24-2)17(14)25-3)18-22-21-16(27-18)10-28-19-20-12-6-4-5-7-13(12)26-19/h4-9H,10H2,1-3H3. The molecule has 0 saturated carbocycles. The van der Waals surface area contributed by atoms with Gasteiger partial charge in [0.15, 0.2) is 17.1 Å². The van der Waals surface area contributed by atoms with Crippen molar-refractivity contribution in [3.63, 3.8) is 0 Å². The molecule has 4 aromatic rings. The highest BCUT2D eigenvalue weighted by atomic mass is 32.2. The fourth-order valence-corrected chi connectivity index (χ4v) is 3.34. The Morgan fingerprint density at radius 1 is 0.929 bits per heavy atom. The predicted molar refractivity (Wildman–Crippen MR) is 103 cm³/mol. The van der Waals surface area contributed by atoms with Crippen molar-refractivity contribution in [2.45, 2.75) is 11.0 Å². The molecule has 0 radical (unpaired) electrons. The number of benzene rings is 2. The van der Waals surface area contributed by atoms with E-state index in [-0.39, 0.29) is 0 Å². The van der Waals surface area contributed by atoms with Crippen LogP contribution in [0.2, 0.25) is 0 Å². The van der Waals surface area contributed by atoms with Crippen LogP contribution in [0.1, 0.15) is 5.89 Å². The number of methoxy groups -OCH3 is 3. The van der Waals surface area contributed by atoms with E-state index in [0.29, 0.717) is 45.6 Å². The number of oxazole rings is 1. The van der Waals surface area contributed by atoms with Crippen LogP contribution >= 0.6 is 11.8 Å². The molecule has 8 nitrogen and oxygen atoms in total. The first kappa shape index (κ1) is 18.2. The quantitative estimate of drug-likeness (QED) is 0.424. The highest BCUT2D eigenvalue weighted by Crippen LogP contribution is 2.41. The summed E-state index contributed by atoms with van der Waals surface area (Å²) >= 11 is 1.39. The van der Waals surface area contributed by atoms with E-state index in [9.17, 15) is 0 Å². The summed E-state index contributed by atoms with van der Waals surface area (Å²) in [6.45, 7) is 0. The van der Waals surface area contributed by atoms with Crippen molar-refractivity contribution in [3.05, 3.63) is 42.3 Å². The molecule has 2 aromatic carbocycles. The Kier molecular flexibility index (Phi) is 5.07. The summed E-state index contributed by atoms with van der Waals surface area (Å²) in [7, 11) is 4.66. The average molecular weight is 399 g/mol. The molecule has 28 heavy (non-hydrogen) atoms. The van der Waals surface area contributed by atoms with E-state index in [1.807, 2.05) is 24.3 Å². The third-order valence-electron chi connectivity index (χ3n) is 3.97. The van der Waals surface area contributed by atoms with Gasteiger partial charge in [-0.3, -0.25) is 0 Å². The van der Waals surface area contributed by atoms with Gasteiger partial charge >= 0.3 is 0 Å². The van der Waals surface area contributed by atoms with Gasteiger partial charge in [-0.2, -0.15) is 0 Å². The SMILES string of the molecule is COc1cc(-c2nnc(CSc3nc4ccccc4o3)o2)cc(OC)c1OC. The lowest BCUT2D eigenvalue weighted by Gasteiger charge is -2.12. The maximum Gasteiger partial charge on any atom is 0.257 e. The van der Waals surface area contributed by atoms with Gasteiger partial charge in [0.25, 0.3) is 5.22 Å². The molecule has 0 unspecified atom stereocenters. The lowest BCUT2D eigenvalue weighted by molar-refractivity contribution is 0.324. The lowest BCUT2D eigenvalue weighted by atomic mass is 10.2. The Bertz CT molecular complexity index is 1050. The van der Waals surface area contributed by atoms with E-state index in [1.165, 1.54) is 11.8 Å². The number of aromatic nitrogens is 3. The van der Waals surface area contributed by atoms with Gasteiger partial charge in [0.05, 0.1) is 27.1 Å². The van der Waals surface area contributed by atoms with E-state index in [4.69, 9.17) is 23.0 Å². The van der Waals surface area contributed by atoms with Gasteiger partial charge in [-0.25, -0.2) is 4.98 Å². The third kappa shape index (κ3) is 3.48. The first-order valence-electron chi connectivity index (χ1n) is 8.33. The molecule has 0 amide bonds. The Labute approximate surface area is 164 Å². The molecule has 2 heterocycles. The minimum atomic E-state index is 0.354. The van der Waals surface area contributed by atoms with Crippen LogP contribution in [-0.4, -0.2) is 36.5 Å². The number of thioether (sulfide) groups is 1. The topological polar surface area (TPSA) is 92.6 Å². The van der Waals surface area contributed by atoms with E-state index >= 15 is 0 Å². The van der Waals surface area contributed by atoms with Crippen LogP contribution in [-0.2, 0) is 5.75 Å². The molecule has 2 aromatic heterocycles. The Hall–Kier alpha value is -3.20. The van der Waals surface area contributed by atoms with E-state index in [1.54, 1.807) is 33.5 Å². The molecule has 144 valence electrons. The molecule has 0 bridgehead atoms.